The maximum atomic E-state index is 13.0. The molecular weight excluding hydrogens is 468 g/mol. The Balaban J connectivity index is 1.52. The average molecular weight is 491 g/mol. The van der Waals surface area contributed by atoms with Crippen molar-refractivity contribution in [3.8, 4) is 22.5 Å². The van der Waals surface area contributed by atoms with Crippen molar-refractivity contribution in [2.24, 2.45) is 5.92 Å². The second-order valence-electron chi connectivity index (χ2n) is 8.59. The van der Waals surface area contributed by atoms with Crippen molar-refractivity contribution in [2.75, 3.05) is 25.9 Å². The summed E-state index contributed by atoms with van der Waals surface area (Å²) in [7, 11) is 1.77. The molecule has 2 aromatic heterocycles. The summed E-state index contributed by atoms with van der Waals surface area (Å²) in [6.45, 7) is 0.748. The predicted molar refractivity (Wildman–Crippen MR) is 133 cm³/mol. The molecule has 3 N–H and O–H groups in total. The van der Waals surface area contributed by atoms with E-state index in [-0.39, 0.29) is 29.9 Å². The Bertz CT molecular complexity index is 1420. The third-order valence-corrected chi connectivity index (χ3v) is 6.45. The number of carbonyl (C=O) groups is 2. The number of nitrogen functional groups attached to an aromatic ring is 1. The number of esters is 1. The number of amides is 1. The molecule has 0 bridgehead atoms. The highest BCUT2D eigenvalue weighted by Crippen LogP contribution is 2.35. The minimum atomic E-state index is -0.683. The number of ether oxygens (including phenoxy) is 1. The fourth-order valence-corrected chi connectivity index (χ4v) is 4.43. The molecule has 0 aliphatic carbocycles. The first-order valence-corrected chi connectivity index (χ1v) is 11.6. The second-order valence-corrected chi connectivity index (χ2v) is 8.99. The number of carbonyl (C=O) groups excluding carboxylic acids is 2. The van der Waals surface area contributed by atoms with Gasteiger partial charge in [0.1, 0.15) is 0 Å². The van der Waals surface area contributed by atoms with Crippen LogP contribution in [0.15, 0.2) is 48.7 Å². The van der Waals surface area contributed by atoms with Crippen molar-refractivity contribution < 1.29 is 14.3 Å². The third-order valence-electron chi connectivity index (χ3n) is 6.15. The molecule has 1 saturated heterocycles. The molecule has 0 spiro atoms. The number of hydrogen-bond donors (Lipinski definition) is 2. The molecule has 35 heavy (non-hydrogen) atoms. The summed E-state index contributed by atoms with van der Waals surface area (Å²) in [4.78, 5) is 35.8. The lowest BCUT2D eigenvalue weighted by atomic mass is 9.97. The highest BCUT2D eigenvalue weighted by atomic mass is 35.5. The van der Waals surface area contributed by atoms with Crippen LogP contribution in [-0.4, -0.2) is 57.1 Å². The Hall–Kier alpha value is -3.98. The molecule has 1 atom stereocenters. The van der Waals surface area contributed by atoms with Crippen LogP contribution in [0.3, 0.4) is 0 Å². The van der Waals surface area contributed by atoms with Crippen LogP contribution in [-0.2, 0) is 9.53 Å². The average Bonchev–Trinajstić information content (AvgIpc) is 3.34. The summed E-state index contributed by atoms with van der Waals surface area (Å²) in [5.74, 6) is -0.718. The van der Waals surface area contributed by atoms with Crippen LogP contribution in [0.5, 0.6) is 0 Å². The number of likely N-dealkylation sites (tertiary alicyclic amines) is 1. The molecule has 1 aliphatic rings. The lowest BCUT2D eigenvalue weighted by Gasteiger charge is -2.28. The van der Waals surface area contributed by atoms with E-state index in [0.29, 0.717) is 40.5 Å². The third kappa shape index (κ3) is 4.54. The molecule has 10 heteroatoms. The Kier molecular flexibility index (Phi) is 6.08. The SMILES string of the molecule is CN1CCC(COC(=O)c2nc(-c3cc(Cl)c4[nH]ncc4c3)c(-c3ccccc3)nc2N)CC1=O. The first-order chi connectivity index (χ1) is 16.9. The largest absolute Gasteiger partial charge is 0.461 e. The minimum absolute atomic E-state index is 0.0347. The van der Waals surface area contributed by atoms with Crippen molar-refractivity contribution in [1.82, 2.24) is 25.1 Å². The van der Waals surface area contributed by atoms with Gasteiger partial charge in [0, 0.05) is 42.4 Å². The van der Waals surface area contributed by atoms with E-state index < -0.39 is 5.97 Å². The number of halogens is 1. The van der Waals surface area contributed by atoms with Gasteiger partial charge in [0.25, 0.3) is 0 Å². The molecular formula is C25H23ClN6O3. The van der Waals surface area contributed by atoms with Crippen molar-refractivity contribution in [3.05, 3.63) is 59.4 Å². The van der Waals surface area contributed by atoms with Crippen molar-refractivity contribution in [3.63, 3.8) is 0 Å². The van der Waals surface area contributed by atoms with Crippen LogP contribution in [0.25, 0.3) is 33.4 Å². The molecule has 9 nitrogen and oxygen atoms in total. The van der Waals surface area contributed by atoms with Gasteiger partial charge < -0.3 is 15.4 Å². The van der Waals surface area contributed by atoms with E-state index in [0.717, 1.165) is 17.4 Å². The van der Waals surface area contributed by atoms with Crippen LogP contribution < -0.4 is 5.73 Å². The molecule has 0 saturated carbocycles. The molecule has 3 heterocycles. The van der Waals surface area contributed by atoms with Gasteiger partial charge >= 0.3 is 5.97 Å². The molecule has 178 valence electrons. The van der Waals surface area contributed by atoms with Gasteiger partial charge in [-0.2, -0.15) is 5.10 Å². The number of hydrogen-bond acceptors (Lipinski definition) is 7. The van der Waals surface area contributed by atoms with Crippen LogP contribution in [0.4, 0.5) is 5.82 Å². The molecule has 0 radical (unpaired) electrons. The highest BCUT2D eigenvalue weighted by molar-refractivity contribution is 6.35. The fraction of sp³-hybridized carbons (Fsp3) is 0.240. The normalized spacial score (nSPS) is 16.0. The molecule has 1 unspecified atom stereocenters. The van der Waals surface area contributed by atoms with Gasteiger partial charge in [-0.3, -0.25) is 9.89 Å². The monoisotopic (exact) mass is 490 g/mol. The molecule has 4 aromatic rings. The van der Waals surface area contributed by atoms with Crippen LogP contribution >= 0.6 is 11.6 Å². The molecule has 1 fully saturated rings. The summed E-state index contributed by atoms with van der Waals surface area (Å²) >= 11 is 6.48. The van der Waals surface area contributed by atoms with E-state index in [9.17, 15) is 9.59 Å². The number of fused-ring (bicyclic) bond motifs is 1. The number of nitrogens with two attached hydrogens (primary N) is 1. The van der Waals surface area contributed by atoms with Crippen LogP contribution in [0.1, 0.15) is 23.3 Å². The van der Waals surface area contributed by atoms with E-state index in [2.05, 4.69) is 20.2 Å². The lowest BCUT2D eigenvalue weighted by molar-refractivity contribution is -0.134. The second kappa shape index (κ2) is 9.34. The van der Waals surface area contributed by atoms with Crippen LogP contribution in [0, 0.1) is 5.92 Å². The maximum absolute atomic E-state index is 13.0. The summed E-state index contributed by atoms with van der Waals surface area (Å²) in [5.41, 5.74) is 9.20. The summed E-state index contributed by atoms with van der Waals surface area (Å²) in [6.07, 6.45) is 2.76. The van der Waals surface area contributed by atoms with E-state index in [1.807, 2.05) is 36.4 Å². The van der Waals surface area contributed by atoms with E-state index in [1.165, 1.54) is 0 Å². The number of aromatic nitrogens is 4. The molecule has 1 aliphatic heterocycles. The number of nitrogens with zero attached hydrogens (tertiary/aromatic N) is 4. The molecule has 1 amide bonds. The number of H-pyrrole nitrogens is 1. The first kappa shape index (κ1) is 22.8. The summed E-state index contributed by atoms with van der Waals surface area (Å²) < 4.78 is 5.52. The zero-order valence-electron chi connectivity index (χ0n) is 19.0. The van der Waals surface area contributed by atoms with E-state index in [4.69, 9.17) is 22.1 Å². The molecule has 2 aromatic carbocycles. The summed E-state index contributed by atoms with van der Waals surface area (Å²) in [5, 5.41) is 8.17. The van der Waals surface area contributed by atoms with Gasteiger partial charge in [-0.15, -0.1) is 0 Å². The minimum Gasteiger partial charge on any atom is -0.461 e. The van der Waals surface area contributed by atoms with Gasteiger partial charge in [0.15, 0.2) is 11.5 Å². The number of piperidine rings is 1. The fourth-order valence-electron chi connectivity index (χ4n) is 4.16. The van der Waals surface area contributed by atoms with Gasteiger partial charge in [-0.1, -0.05) is 41.9 Å². The first-order valence-electron chi connectivity index (χ1n) is 11.2. The van der Waals surface area contributed by atoms with Crippen LogP contribution in [0.2, 0.25) is 5.02 Å². The Morgan fingerprint density at radius 1 is 1.20 bits per heavy atom. The quantitative estimate of drug-likeness (QED) is 0.405. The van der Waals surface area contributed by atoms with Crippen molar-refractivity contribution in [2.45, 2.75) is 12.8 Å². The van der Waals surface area contributed by atoms with Gasteiger partial charge in [-0.05, 0) is 18.6 Å². The number of rotatable bonds is 5. The van der Waals surface area contributed by atoms with Gasteiger partial charge in [0.05, 0.1) is 34.7 Å². The number of aromatic amines is 1. The predicted octanol–water partition coefficient (Wildman–Crippen LogP) is 3.95. The summed E-state index contributed by atoms with van der Waals surface area (Å²) in [6, 6.07) is 13.1. The van der Waals surface area contributed by atoms with Gasteiger partial charge in [0.2, 0.25) is 5.91 Å². The van der Waals surface area contributed by atoms with Crippen molar-refractivity contribution in [1.29, 1.82) is 0 Å². The van der Waals surface area contributed by atoms with E-state index >= 15 is 0 Å². The Labute approximate surface area is 206 Å². The Morgan fingerprint density at radius 3 is 2.74 bits per heavy atom. The number of benzene rings is 2. The zero-order valence-corrected chi connectivity index (χ0v) is 19.7. The smallest absolute Gasteiger partial charge is 0.360 e. The number of nitrogens with one attached hydrogen (secondary N) is 1. The van der Waals surface area contributed by atoms with Gasteiger partial charge in [-0.25, -0.2) is 14.8 Å². The Morgan fingerprint density at radius 2 is 1.97 bits per heavy atom. The van der Waals surface area contributed by atoms with E-state index in [1.54, 1.807) is 24.2 Å². The zero-order chi connectivity index (χ0) is 24.5. The number of anilines is 1. The highest BCUT2D eigenvalue weighted by Gasteiger charge is 2.26. The standard InChI is InChI=1S/C25H23ClN6O3/c1-32-8-7-14(9-19(32)33)13-35-25(34)23-24(27)30-21(15-5-3-2-4-6-15)22(29-23)16-10-17-12-28-31-20(17)18(26)11-16/h2-6,10-12,14H,7-9,13H2,1H3,(H2,27,30)(H,28,31). The lowest BCUT2D eigenvalue weighted by Crippen LogP contribution is -2.37. The molecule has 5 rings (SSSR count). The topological polar surface area (TPSA) is 127 Å². The van der Waals surface area contributed by atoms with Crippen molar-refractivity contribution >= 4 is 40.2 Å². The maximum Gasteiger partial charge on any atom is 0.360 e.